The van der Waals surface area contributed by atoms with Crippen molar-refractivity contribution in [2.75, 3.05) is 0 Å². The lowest BCUT2D eigenvalue weighted by atomic mass is 10.1. The van der Waals surface area contributed by atoms with Gasteiger partial charge in [0.1, 0.15) is 0 Å². The molecule has 0 fully saturated rings. The molecule has 0 radical (unpaired) electrons. The highest BCUT2D eigenvalue weighted by molar-refractivity contribution is 7.80. The summed E-state index contributed by atoms with van der Waals surface area (Å²) in [5.41, 5.74) is 2.50. The van der Waals surface area contributed by atoms with Crippen LogP contribution in [-0.2, 0) is 0 Å². The molecule has 0 saturated carbocycles. The second-order valence-corrected chi connectivity index (χ2v) is 4.00. The van der Waals surface area contributed by atoms with E-state index in [4.69, 9.17) is 5.26 Å². The lowest BCUT2D eigenvalue weighted by molar-refractivity contribution is 1.46. The smallest absolute Gasteiger partial charge is 0.0991 e. The van der Waals surface area contributed by atoms with E-state index in [1.54, 1.807) is 12.1 Å². The number of nitrogens with zero attached hydrogens (tertiary/aromatic N) is 1. The second-order valence-electron chi connectivity index (χ2n) is 3.49. The molecule has 0 heterocycles. The van der Waals surface area contributed by atoms with Crippen molar-refractivity contribution in [3.63, 3.8) is 0 Å². The predicted molar refractivity (Wildman–Crippen MR) is 70.8 cm³/mol. The Balaban J connectivity index is 2.21. The minimum absolute atomic E-state index is 0.648. The second kappa shape index (κ2) is 5.25. The van der Waals surface area contributed by atoms with Gasteiger partial charge in [-0.25, -0.2) is 0 Å². The van der Waals surface area contributed by atoms with E-state index in [1.807, 2.05) is 36.4 Å². The zero-order valence-electron chi connectivity index (χ0n) is 9.01. The molecule has 0 atom stereocenters. The van der Waals surface area contributed by atoms with E-state index in [9.17, 15) is 0 Å². The van der Waals surface area contributed by atoms with Crippen LogP contribution in [-0.4, -0.2) is 0 Å². The standard InChI is InChI=1S/C15H9NS/c16-11-14-5-3-12(4-6-14)1-2-13-7-9-15(17)10-8-13/h3-10,17H. The summed E-state index contributed by atoms with van der Waals surface area (Å²) < 4.78 is 0. The molecule has 2 rings (SSSR count). The average Bonchev–Trinajstić information content (AvgIpc) is 2.39. The van der Waals surface area contributed by atoms with Gasteiger partial charge < -0.3 is 0 Å². The lowest BCUT2D eigenvalue weighted by Gasteiger charge is -1.92. The number of rotatable bonds is 0. The van der Waals surface area contributed by atoms with E-state index < -0.39 is 0 Å². The predicted octanol–water partition coefficient (Wildman–Crippen LogP) is 3.25. The van der Waals surface area contributed by atoms with Crippen molar-refractivity contribution in [2.24, 2.45) is 0 Å². The first-order valence-corrected chi connectivity index (χ1v) is 5.54. The molecule has 2 heteroatoms. The fourth-order valence-electron chi connectivity index (χ4n) is 1.32. The maximum Gasteiger partial charge on any atom is 0.0991 e. The topological polar surface area (TPSA) is 23.8 Å². The van der Waals surface area contributed by atoms with E-state index in [2.05, 4.69) is 30.5 Å². The summed E-state index contributed by atoms with van der Waals surface area (Å²) in [4.78, 5) is 0.925. The maximum atomic E-state index is 8.67. The summed E-state index contributed by atoms with van der Waals surface area (Å²) in [6, 6.07) is 17.0. The minimum atomic E-state index is 0.648. The van der Waals surface area contributed by atoms with E-state index in [-0.39, 0.29) is 0 Å². The molecule has 0 aliphatic rings. The number of hydrogen-bond acceptors (Lipinski definition) is 2. The van der Waals surface area contributed by atoms with Crippen LogP contribution in [0.5, 0.6) is 0 Å². The summed E-state index contributed by atoms with van der Waals surface area (Å²) in [5.74, 6) is 6.11. The first-order chi connectivity index (χ1) is 8.28. The van der Waals surface area contributed by atoms with Gasteiger partial charge in [-0.1, -0.05) is 11.8 Å². The molecule has 0 aliphatic heterocycles. The molecular weight excluding hydrogens is 226 g/mol. The quantitative estimate of drug-likeness (QED) is 0.550. The van der Waals surface area contributed by atoms with Gasteiger partial charge in [-0.15, -0.1) is 12.6 Å². The van der Waals surface area contributed by atoms with Crippen LogP contribution in [0.25, 0.3) is 0 Å². The van der Waals surface area contributed by atoms with Gasteiger partial charge in [0.05, 0.1) is 11.6 Å². The third kappa shape index (κ3) is 3.14. The molecule has 2 aromatic carbocycles. The van der Waals surface area contributed by atoms with Crippen LogP contribution in [0.4, 0.5) is 0 Å². The summed E-state index contributed by atoms with van der Waals surface area (Å²) >= 11 is 4.21. The molecule has 0 bridgehead atoms. The van der Waals surface area contributed by atoms with Crippen LogP contribution >= 0.6 is 12.6 Å². The Morgan fingerprint density at radius 1 is 0.706 bits per heavy atom. The normalized spacial score (nSPS) is 8.94. The first-order valence-electron chi connectivity index (χ1n) is 5.09. The zero-order valence-corrected chi connectivity index (χ0v) is 9.91. The summed E-state index contributed by atoms with van der Waals surface area (Å²) in [6.45, 7) is 0. The van der Waals surface area contributed by atoms with Crippen molar-refractivity contribution in [2.45, 2.75) is 4.90 Å². The Kier molecular flexibility index (Phi) is 3.50. The monoisotopic (exact) mass is 235 g/mol. The molecule has 2 aromatic rings. The highest BCUT2D eigenvalue weighted by Gasteiger charge is 1.90. The summed E-state index contributed by atoms with van der Waals surface area (Å²) in [7, 11) is 0. The van der Waals surface area contributed by atoms with Gasteiger partial charge in [-0.05, 0) is 48.5 Å². The van der Waals surface area contributed by atoms with Gasteiger partial charge >= 0.3 is 0 Å². The maximum absolute atomic E-state index is 8.67. The van der Waals surface area contributed by atoms with Gasteiger partial charge in [0.25, 0.3) is 0 Å². The third-order valence-corrected chi connectivity index (χ3v) is 2.53. The van der Waals surface area contributed by atoms with Crippen molar-refractivity contribution in [3.8, 4) is 17.9 Å². The van der Waals surface area contributed by atoms with Gasteiger partial charge in [0, 0.05) is 16.0 Å². The van der Waals surface area contributed by atoms with Gasteiger partial charge in [0.15, 0.2) is 0 Å². The summed E-state index contributed by atoms with van der Waals surface area (Å²) in [6.07, 6.45) is 0. The van der Waals surface area contributed by atoms with E-state index in [1.165, 1.54) is 0 Å². The van der Waals surface area contributed by atoms with Crippen LogP contribution in [0, 0.1) is 23.2 Å². The lowest BCUT2D eigenvalue weighted by Crippen LogP contribution is -1.77. The van der Waals surface area contributed by atoms with Gasteiger partial charge in [-0.2, -0.15) is 5.26 Å². The molecule has 1 nitrogen and oxygen atoms in total. The number of thiol groups is 1. The SMILES string of the molecule is N#Cc1ccc(C#Cc2ccc(S)cc2)cc1. The molecular formula is C15H9NS. The molecule has 80 valence electrons. The van der Waals surface area contributed by atoms with Crippen LogP contribution < -0.4 is 0 Å². The molecule has 0 spiro atoms. The average molecular weight is 235 g/mol. The fourth-order valence-corrected chi connectivity index (χ4v) is 1.47. The Morgan fingerprint density at radius 2 is 1.12 bits per heavy atom. The van der Waals surface area contributed by atoms with Gasteiger partial charge in [-0.3, -0.25) is 0 Å². The molecule has 0 unspecified atom stereocenters. The van der Waals surface area contributed by atoms with Crippen LogP contribution in [0.3, 0.4) is 0 Å². The first kappa shape index (κ1) is 11.3. The number of hydrogen-bond donors (Lipinski definition) is 1. The van der Waals surface area contributed by atoms with Crippen LogP contribution in [0.2, 0.25) is 0 Å². The Hall–Kier alpha value is -2.16. The van der Waals surface area contributed by atoms with Gasteiger partial charge in [0.2, 0.25) is 0 Å². The highest BCUT2D eigenvalue weighted by Crippen LogP contribution is 2.07. The molecule has 0 saturated heterocycles. The molecule has 0 N–H and O–H groups in total. The molecule has 0 aromatic heterocycles. The third-order valence-electron chi connectivity index (χ3n) is 2.23. The van der Waals surface area contributed by atoms with Crippen molar-refractivity contribution in [3.05, 3.63) is 65.2 Å². The Morgan fingerprint density at radius 3 is 1.59 bits per heavy atom. The van der Waals surface area contributed by atoms with Crippen molar-refractivity contribution < 1.29 is 0 Å². The van der Waals surface area contributed by atoms with E-state index in [0.717, 1.165) is 16.0 Å². The Bertz CT molecular complexity index is 607. The molecule has 0 amide bonds. The summed E-state index contributed by atoms with van der Waals surface area (Å²) in [5, 5.41) is 8.67. The number of benzene rings is 2. The zero-order chi connectivity index (χ0) is 12.1. The largest absolute Gasteiger partial charge is 0.192 e. The van der Waals surface area contributed by atoms with Crippen LogP contribution in [0.15, 0.2) is 53.4 Å². The molecule has 0 aliphatic carbocycles. The Labute approximate surface area is 106 Å². The molecule has 17 heavy (non-hydrogen) atoms. The fraction of sp³-hybridized carbons (Fsp3) is 0. The van der Waals surface area contributed by atoms with Crippen LogP contribution in [0.1, 0.15) is 16.7 Å². The van der Waals surface area contributed by atoms with Crippen molar-refractivity contribution in [1.29, 1.82) is 5.26 Å². The van der Waals surface area contributed by atoms with Crippen molar-refractivity contribution >= 4 is 12.6 Å². The van der Waals surface area contributed by atoms with Crippen molar-refractivity contribution in [1.82, 2.24) is 0 Å². The van der Waals surface area contributed by atoms with E-state index >= 15 is 0 Å². The van der Waals surface area contributed by atoms with E-state index in [0.29, 0.717) is 5.56 Å². The number of nitriles is 1. The highest BCUT2D eigenvalue weighted by atomic mass is 32.1. The minimum Gasteiger partial charge on any atom is -0.192 e.